The highest BCUT2D eigenvalue weighted by molar-refractivity contribution is 5.74. The molecule has 0 spiro atoms. The molecule has 0 bridgehead atoms. The number of aliphatic imine (C=N–C) groups is 1. The minimum absolute atomic E-state index is 0.189. The SMILES string of the molecule is CN=C[C@]1(c2ccccc2)CCCCC1C. The van der Waals surface area contributed by atoms with Crippen molar-refractivity contribution >= 4 is 6.21 Å². The summed E-state index contributed by atoms with van der Waals surface area (Å²) in [6.45, 7) is 2.37. The molecule has 1 aromatic rings. The summed E-state index contributed by atoms with van der Waals surface area (Å²) >= 11 is 0. The molecule has 16 heavy (non-hydrogen) atoms. The maximum atomic E-state index is 4.33. The van der Waals surface area contributed by atoms with Crippen molar-refractivity contribution in [3.8, 4) is 0 Å². The van der Waals surface area contributed by atoms with Crippen LogP contribution < -0.4 is 0 Å². The molecule has 1 aliphatic carbocycles. The van der Waals surface area contributed by atoms with Gasteiger partial charge in [-0.05, 0) is 24.3 Å². The fraction of sp³-hybridized carbons (Fsp3) is 0.533. The summed E-state index contributed by atoms with van der Waals surface area (Å²) < 4.78 is 0. The summed E-state index contributed by atoms with van der Waals surface area (Å²) in [6, 6.07) is 10.9. The molecular formula is C15H21N. The molecule has 0 N–H and O–H groups in total. The number of hydrogen-bond acceptors (Lipinski definition) is 1. The lowest BCUT2D eigenvalue weighted by Gasteiger charge is -2.40. The van der Waals surface area contributed by atoms with Gasteiger partial charge in [0.15, 0.2) is 0 Å². The number of hydrogen-bond donors (Lipinski definition) is 0. The van der Waals surface area contributed by atoms with E-state index in [4.69, 9.17) is 0 Å². The average molecular weight is 215 g/mol. The van der Waals surface area contributed by atoms with Crippen molar-refractivity contribution in [1.82, 2.24) is 0 Å². The van der Waals surface area contributed by atoms with E-state index in [0.717, 1.165) is 0 Å². The Hall–Kier alpha value is -1.11. The van der Waals surface area contributed by atoms with Crippen LogP contribution in [0.15, 0.2) is 35.3 Å². The Balaban J connectivity index is 2.42. The van der Waals surface area contributed by atoms with E-state index >= 15 is 0 Å². The Morgan fingerprint density at radius 3 is 2.62 bits per heavy atom. The molecule has 1 heteroatoms. The zero-order valence-electron chi connectivity index (χ0n) is 10.3. The van der Waals surface area contributed by atoms with Gasteiger partial charge in [0.05, 0.1) is 0 Å². The Kier molecular flexibility index (Phi) is 3.42. The molecule has 0 aliphatic heterocycles. The van der Waals surface area contributed by atoms with Gasteiger partial charge >= 0.3 is 0 Å². The largest absolute Gasteiger partial charge is 0.300 e. The van der Waals surface area contributed by atoms with Crippen LogP contribution in [0.2, 0.25) is 0 Å². The van der Waals surface area contributed by atoms with Crippen LogP contribution >= 0.6 is 0 Å². The third-order valence-electron chi connectivity index (χ3n) is 4.03. The molecule has 86 valence electrons. The highest BCUT2D eigenvalue weighted by atomic mass is 14.7. The lowest BCUT2D eigenvalue weighted by Crippen LogP contribution is -2.38. The van der Waals surface area contributed by atoms with Gasteiger partial charge in [0, 0.05) is 18.7 Å². The summed E-state index contributed by atoms with van der Waals surface area (Å²) in [4.78, 5) is 4.33. The maximum Gasteiger partial charge on any atom is 0.0327 e. The standard InChI is InChI=1S/C15H21N/c1-13-8-6-7-11-15(13,12-16-2)14-9-4-3-5-10-14/h3-5,9-10,12-13H,6-8,11H2,1-2H3/t13?,15-/m1/s1. The maximum absolute atomic E-state index is 4.33. The fourth-order valence-corrected chi connectivity index (χ4v) is 3.05. The van der Waals surface area contributed by atoms with Crippen molar-refractivity contribution in [3.05, 3.63) is 35.9 Å². The monoisotopic (exact) mass is 215 g/mol. The van der Waals surface area contributed by atoms with E-state index in [1.807, 2.05) is 7.05 Å². The van der Waals surface area contributed by atoms with Crippen molar-refractivity contribution in [2.45, 2.75) is 38.0 Å². The molecule has 2 atom stereocenters. The first kappa shape index (κ1) is 11.4. The molecule has 1 aromatic carbocycles. The third-order valence-corrected chi connectivity index (χ3v) is 4.03. The Morgan fingerprint density at radius 2 is 2.00 bits per heavy atom. The molecule has 0 radical (unpaired) electrons. The molecule has 1 nitrogen and oxygen atoms in total. The summed E-state index contributed by atoms with van der Waals surface area (Å²) in [5.74, 6) is 0.701. The second-order valence-electron chi connectivity index (χ2n) is 4.94. The minimum atomic E-state index is 0.189. The lowest BCUT2D eigenvalue weighted by molar-refractivity contribution is 0.278. The van der Waals surface area contributed by atoms with Gasteiger partial charge in [-0.15, -0.1) is 0 Å². The van der Waals surface area contributed by atoms with Crippen LogP contribution in [0.25, 0.3) is 0 Å². The van der Waals surface area contributed by atoms with Crippen molar-refractivity contribution in [2.24, 2.45) is 10.9 Å². The van der Waals surface area contributed by atoms with E-state index in [0.29, 0.717) is 5.92 Å². The second-order valence-corrected chi connectivity index (χ2v) is 4.94. The van der Waals surface area contributed by atoms with Crippen LogP contribution in [0, 0.1) is 5.92 Å². The van der Waals surface area contributed by atoms with Gasteiger partial charge in [0.2, 0.25) is 0 Å². The van der Waals surface area contributed by atoms with E-state index < -0.39 is 0 Å². The van der Waals surface area contributed by atoms with Crippen molar-refractivity contribution < 1.29 is 0 Å². The van der Waals surface area contributed by atoms with E-state index in [1.165, 1.54) is 31.2 Å². The van der Waals surface area contributed by atoms with Crippen molar-refractivity contribution in [1.29, 1.82) is 0 Å². The van der Waals surface area contributed by atoms with Crippen LogP contribution in [-0.2, 0) is 5.41 Å². The summed E-state index contributed by atoms with van der Waals surface area (Å²) in [5.41, 5.74) is 1.63. The van der Waals surface area contributed by atoms with Gasteiger partial charge in [0.1, 0.15) is 0 Å². The highest BCUT2D eigenvalue weighted by Crippen LogP contribution is 2.42. The topological polar surface area (TPSA) is 12.4 Å². The van der Waals surface area contributed by atoms with Crippen LogP contribution in [-0.4, -0.2) is 13.3 Å². The zero-order valence-corrected chi connectivity index (χ0v) is 10.3. The van der Waals surface area contributed by atoms with Crippen molar-refractivity contribution in [3.63, 3.8) is 0 Å². The minimum Gasteiger partial charge on any atom is -0.300 e. The van der Waals surface area contributed by atoms with Gasteiger partial charge in [-0.2, -0.15) is 0 Å². The first-order chi connectivity index (χ1) is 7.79. The molecule has 0 saturated heterocycles. The summed E-state index contributed by atoms with van der Waals surface area (Å²) in [5, 5.41) is 0. The quantitative estimate of drug-likeness (QED) is 0.665. The molecule has 1 fully saturated rings. The van der Waals surface area contributed by atoms with Gasteiger partial charge < -0.3 is 0 Å². The van der Waals surface area contributed by atoms with E-state index in [2.05, 4.69) is 48.5 Å². The van der Waals surface area contributed by atoms with E-state index in [-0.39, 0.29) is 5.41 Å². The van der Waals surface area contributed by atoms with Gasteiger partial charge in [-0.1, -0.05) is 50.1 Å². The predicted octanol–water partition coefficient (Wildman–Crippen LogP) is 3.84. The highest BCUT2D eigenvalue weighted by Gasteiger charge is 2.37. The fourth-order valence-electron chi connectivity index (χ4n) is 3.05. The third kappa shape index (κ3) is 1.91. The first-order valence-corrected chi connectivity index (χ1v) is 6.28. The lowest BCUT2D eigenvalue weighted by atomic mass is 9.64. The van der Waals surface area contributed by atoms with Crippen LogP contribution in [0.1, 0.15) is 38.2 Å². The zero-order chi connectivity index (χ0) is 11.4. The molecule has 2 rings (SSSR count). The first-order valence-electron chi connectivity index (χ1n) is 6.28. The van der Waals surface area contributed by atoms with E-state index in [9.17, 15) is 0 Å². The van der Waals surface area contributed by atoms with Gasteiger partial charge in [0.25, 0.3) is 0 Å². The van der Waals surface area contributed by atoms with Crippen LogP contribution in [0.5, 0.6) is 0 Å². The molecule has 1 aliphatic rings. The van der Waals surface area contributed by atoms with E-state index in [1.54, 1.807) is 0 Å². The Labute approximate surface area is 98.6 Å². The number of rotatable bonds is 2. The summed E-state index contributed by atoms with van der Waals surface area (Å²) in [6.07, 6.45) is 7.45. The second kappa shape index (κ2) is 4.82. The van der Waals surface area contributed by atoms with Gasteiger partial charge in [-0.25, -0.2) is 0 Å². The van der Waals surface area contributed by atoms with Gasteiger partial charge in [-0.3, -0.25) is 4.99 Å². The molecule has 0 amide bonds. The molecule has 1 unspecified atom stereocenters. The van der Waals surface area contributed by atoms with Crippen LogP contribution in [0.3, 0.4) is 0 Å². The van der Waals surface area contributed by atoms with Crippen LogP contribution in [0.4, 0.5) is 0 Å². The average Bonchev–Trinajstić information content (AvgIpc) is 2.34. The predicted molar refractivity (Wildman–Crippen MR) is 70.2 cm³/mol. The Bertz CT molecular complexity index is 355. The molecular weight excluding hydrogens is 194 g/mol. The number of benzene rings is 1. The summed E-state index contributed by atoms with van der Waals surface area (Å²) in [7, 11) is 1.89. The molecule has 1 saturated carbocycles. The Morgan fingerprint density at radius 1 is 1.25 bits per heavy atom. The number of nitrogens with zero attached hydrogens (tertiary/aromatic N) is 1. The molecule has 0 aromatic heterocycles. The van der Waals surface area contributed by atoms with Crippen molar-refractivity contribution in [2.75, 3.05) is 7.05 Å². The molecule has 0 heterocycles. The smallest absolute Gasteiger partial charge is 0.0327 e. The normalized spacial score (nSPS) is 30.8.